The minimum absolute atomic E-state index is 0.324. The van der Waals surface area contributed by atoms with Crippen LogP contribution in [-0.4, -0.2) is 21.0 Å². The summed E-state index contributed by atoms with van der Waals surface area (Å²) >= 11 is 0. The monoisotopic (exact) mass is 302 g/mol. The molecular weight excluding hydrogens is 296 g/mol. The molecule has 5 nitrogen and oxygen atoms in total. The highest BCUT2D eigenvalue weighted by atomic mass is 19.4. The molecule has 0 aliphatic carbocycles. The summed E-state index contributed by atoms with van der Waals surface area (Å²) in [6.45, 7) is 0. The Kier molecular flexibility index (Phi) is 3.74. The lowest BCUT2D eigenvalue weighted by Crippen LogP contribution is -2.08. The number of halogens is 4. The molecule has 0 unspecified atom stereocenters. The molecule has 0 radical (unpaired) electrons. The Bertz CT molecular complexity index is 688. The second-order valence-corrected chi connectivity index (χ2v) is 3.79. The minimum Gasteiger partial charge on any atom is -0.476 e. The molecule has 1 aromatic heterocycles. The van der Waals surface area contributed by atoms with Crippen molar-refractivity contribution in [1.82, 2.24) is 9.97 Å². The number of carboxylic acid groups (broad SMARTS) is 1. The van der Waals surface area contributed by atoms with Crippen LogP contribution < -0.4 is 4.74 Å². The first kappa shape index (κ1) is 14.7. The van der Waals surface area contributed by atoms with E-state index in [1.807, 2.05) is 0 Å². The van der Waals surface area contributed by atoms with E-state index >= 15 is 0 Å². The SMILES string of the molecule is O=C(O)c1cncc(Oc2ccc(F)c(C(F)(F)F)c2)n1. The second-order valence-electron chi connectivity index (χ2n) is 3.79. The quantitative estimate of drug-likeness (QED) is 0.882. The number of carbonyl (C=O) groups is 1. The van der Waals surface area contributed by atoms with Crippen LogP contribution in [0.5, 0.6) is 11.6 Å². The maximum Gasteiger partial charge on any atom is 0.419 e. The third-order valence-electron chi connectivity index (χ3n) is 2.30. The Balaban J connectivity index is 2.32. The summed E-state index contributed by atoms with van der Waals surface area (Å²) in [5.41, 5.74) is -1.94. The molecule has 1 heterocycles. The van der Waals surface area contributed by atoms with Gasteiger partial charge in [-0.25, -0.2) is 14.2 Å². The van der Waals surface area contributed by atoms with Gasteiger partial charge >= 0.3 is 12.1 Å². The summed E-state index contributed by atoms with van der Waals surface area (Å²) in [7, 11) is 0. The summed E-state index contributed by atoms with van der Waals surface area (Å²) in [6, 6.07) is 2.00. The number of aromatic nitrogens is 2. The van der Waals surface area contributed by atoms with Crippen LogP contribution in [0.25, 0.3) is 0 Å². The maximum absolute atomic E-state index is 13.1. The van der Waals surface area contributed by atoms with Crippen molar-refractivity contribution < 1.29 is 32.2 Å². The summed E-state index contributed by atoms with van der Waals surface area (Å²) < 4.78 is 55.7. The molecule has 0 aliphatic heterocycles. The van der Waals surface area contributed by atoms with Gasteiger partial charge in [0, 0.05) is 0 Å². The molecule has 21 heavy (non-hydrogen) atoms. The molecule has 2 rings (SSSR count). The van der Waals surface area contributed by atoms with Gasteiger partial charge in [0.2, 0.25) is 5.88 Å². The standard InChI is InChI=1S/C12H6F4N2O3/c13-8-2-1-6(3-7(8)12(14,15)16)21-10-5-17-4-9(18-10)11(19)20/h1-5H,(H,19,20). The fourth-order valence-electron chi connectivity index (χ4n) is 1.41. The highest BCUT2D eigenvalue weighted by molar-refractivity contribution is 5.84. The van der Waals surface area contributed by atoms with Crippen molar-refractivity contribution in [2.45, 2.75) is 6.18 Å². The normalized spacial score (nSPS) is 11.2. The van der Waals surface area contributed by atoms with Gasteiger partial charge in [0.15, 0.2) is 5.69 Å². The van der Waals surface area contributed by atoms with Gasteiger partial charge in [-0.15, -0.1) is 0 Å². The van der Waals surface area contributed by atoms with E-state index in [2.05, 4.69) is 9.97 Å². The Morgan fingerprint density at radius 2 is 1.95 bits per heavy atom. The van der Waals surface area contributed by atoms with Crippen LogP contribution in [0, 0.1) is 5.82 Å². The largest absolute Gasteiger partial charge is 0.476 e. The highest BCUT2D eigenvalue weighted by Gasteiger charge is 2.34. The summed E-state index contributed by atoms with van der Waals surface area (Å²) in [4.78, 5) is 17.7. The Morgan fingerprint density at radius 1 is 1.24 bits per heavy atom. The molecule has 0 bridgehead atoms. The number of hydrogen-bond acceptors (Lipinski definition) is 4. The van der Waals surface area contributed by atoms with E-state index in [4.69, 9.17) is 9.84 Å². The van der Waals surface area contributed by atoms with Crippen molar-refractivity contribution in [3.63, 3.8) is 0 Å². The zero-order valence-electron chi connectivity index (χ0n) is 10.1. The summed E-state index contributed by atoms with van der Waals surface area (Å²) in [5, 5.41) is 8.71. The average Bonchev–Trinajstić information content (AvgIpc) is 2.40. The number of aromatic carboxylic acids is 1. The Hall–Kier alpha value is -2.71. The molecule has 110 valence electrons. The van der Waals surface area contributed by atoms with Crippen LogP contribution in [0.4, 0.5) is 17.6 Å². The van der Waals surface area contributed by atoms with Crippen LogP contribution in [0.15, 0.2) is 30.6 Å². The molecule has 0 saturated heterocycles. The highest BCUT2D eigenvalue weighted by Crippen LogP contribution is 2.34. The van der Waals surface area contributed by atoms with E-state index in [9.17, 15) is 22.4 Å². The molecule has 0 fully saturated rings. The van der Waals surface area contributed by atoms with E-state index in [1.165, 1.54) is 0 Å². The van der Waals surface area contributed by atoms with Crippen molar-refractivity contribution in [2.24, 2.45) is 0 Å². The van der Waals surface area contributed by atoms with Crippen molar-refractivity contribution in [3.8, 4) is 11.6 Å². The molecule has 0 aliphatic rings. The van der Waals surface area contributed by atoms with Gasteiger partial charge in [0.05, 0.1) is 18.0 Å². The third-order valence-corrected chi connectivity index (χ3v) is 2.30. The number of benzene rings is 1. The molecule has 0 saturated carbocycles. The van der Waals surface area contributed by atoms with Gasteiger partial charge in [0.1, 0.15) is 11.6 Å². The maximum atomic E-state index is 13.1. The van der Waals surface area contributed by atoms with Crippen molar-refractivity contribution >= 4 is 5.97 Å². The average molecular weight is 302 g/mol. The van der Waals surface area contributed by atoms with Crippen molar-refractivity contribution in [3.05, 3.63) is 47.7 Å². The smallest absolute Gasteiger partial charge is 0.419 e. The molecule has 0 amide bonds. The van der Waals surface area contributed by atoms with Gasteiger partial charge in [-0.05, 0) is 18.2 Å². The zero-order chi connectivity index (χ0) is 15.6. The van der Waals surface area contributed by atoms with Gasteiger partial charge in [-0.1, -0.05) is 0 Å². The lowest BCUT2D eigenvalue weighted by Gasteiger charge is -2.10. The van der Waals surface area contributed by atoms with Crippen LogP contribution in [0.3, 0.4) is 0 Å². The number of ether oxygens (including phenoxy) is 1. The number of nitrogens with zero attached hydrogens (tertiary/aromatic N) is 2. The minimum atomic E-state index is -4.88. The molecule has 0 spiro atoms. The molecule has 1 aromatic carbocycles. The van der Waals surface area contributed by atoms with Gasteiger partial charge in [-0.2, -0.15) is 13.2 Å². The fourth-order valence-corrected chi connectivity index (χ4v) is 1.41. The fraction of sp³-hybridized carbons (Fsp3) is 0.0833. The Labute approximate surface area is 114 Å². The van der Waals surface area contributed by atoms with Crippen molar-refractivity contribution in [2.75, 3.05) is 0 Å². The first-order valence-electron chi connectivity index (χ1n) is 5.37. The zero-order valence-corrected chi connectivity index (χ0v) is 10.1. The van der Waals surface area contributed by atoms with Crippen LogP contribution >= 0.6 is 0 Å². The predicted octanol–water partition coefficient (Wildman–Crippen LogP) is 3.13. The number of carboxylic acids is 1. The second kappa shape index (κ2) is 5.35. The van der Waals surface area contributed by atoms with E-state index < -0.39 is 29.2 Å². The summed E-state index contributed by atoms with van der Waals surface area (Å²) in [5.74, 6) is -3.49. The molecule has 0 atom stereocenters. The van der Waals surface area contributed by atoms with Gasteiger partial charge in [-0.3, -0.25) is 4.98 Å². The number of alkyl halides is 3. The van der Waals surface area contributed by atoms with E-state index in [1.54, 1.807) is 0 Å². The van der Waals surface area contributed by atoms with E-state index in [0.29, 0.717) is 12.1 Å². The number of rotatable bonds is 3. The molecule has 2 aromatic rings. The van der Waals surface area contributed by atoms with E-state index in [0.717, 1.165) is 18.5 Å². The first-order valence-corrected chi connectivity index (χ1v) is 5.37. The Morgan fingerprint density at radius 3 is 2.57 bits per heavy atom. The molecule has 1 N–H and O–H groups in total. The topological polar surface area (TPSA) is 72.3 Å². The first-order chi connectivity index (χ1) is 9.77. The molecule has 9 heteroatoms. The van der Waals surface area contributed by atoms with Crippen LogP contribution in [0.1, 0.15) is 16.1 Å². The van der Waals surface area contributed by atoms with Crippen LogP contribution in [0.2, 0.25) is 0 Å². The molecular formula is C12H6F4N2O3. The lowest BCUT2D eigenvalue weighted by molar-refractivity contribution is -0.140. The predicted molar refractivity (Wildman–Crippen MR) is 60.5 cm³/mol. The van der Waals surface area contributed by atoms with Crippen molar-refractivity contribution in [1.29, 1.82) is 0 Å². The summed E-state index contributed by atoms with van der Waals surface area (Å²) in [6.07, 6.45) is -2.91. The van der Waals surface area contributed by atoms with Crippen LogP contribution in [-0.2, 0) is 6.18 Å². The lowest BCUT2D eigenvalue weighted by atomic mass is 10.2. The van der Waals surface area contributed by atoms with Gasteiger partial charge < -0.3 is 9.84 Å². The van der Waals surface area contributed by atoms with Gasteiger partial charge in [0.25, 0.3) is 0 Å². The third kappa shape index (κ3) is 3.44. The number of hydrogen-bond donors (Lipinski definition) is 1. The van der Waals surface area contributed by atoms with E-state index in [-0.39, 0.29) is 11.6 Å².